The van der Waals surface area contributed by atoms with Crippen molar-refractivity contribution in [3.8, 4) is 11.1 Å². The first kappa shape index (κ1) is 24.4. The summed E-state index contributed by atoms with van der Waals surface area (Å²) in [5.41, 5.74) is 3.16. The lowest BCUT2D eigenvalue weighted by molar-refractivity contribution is -0.142. The fraction of sp³-hybridized carbons (Fsp3) is 0.167. The first-order valence-electron chi connectivity index (χ1n) is 10.2. The molecule has 9 heteroatoms. The van der Waals surface area contributed by atoms with E-state index in [1.807, 2.05) is 54.6 Å². The normalized spacial score (nSPS) is 13.2. The maximum absolute atomic E-state index is 13.0. The second-order valence-corrected chi connectivity index (χ2v) is 9.18. The molecule has 1 unspecified atom stereocenters. The van der Waals surface area contributed by atoms with Crippen LogP contribution in [0.25, 0.3) is 11.1 Å². The van der Waals surface area contributed by atoms with Crippen molar-refractivity contribution in [3.05, 3.63) is 96.1 Å². The molecule has 0 radical (unpaired) electrons. The molecule has 0 aliphatic rings. The van der Waals surface area contributed by atoms with Gasteiger partial charge in [0.1, 0.15) is 0 Å². The van der Waals surface area contributed by atoms with Gasteiger partial charge in [-0.2, -0.15) is 0 Å². The molecule has 0 bridgehead atoms. The van der Waals surface area contributed by atoms with E-state index in [4.69, 9.17) is 0 Å². The summed E-state index contributed by atoms with van der Waals surface area (Å²) >= 11 is 0. The SMILES string of the molecule is O=C(N[C@H](C(=O)O)c1ccccc1)C(Cc1ccc(-c2ccccc2)cc1)NCP(=O)(O)O. The summed E-state index contributed by atoms with van der Waals surface area (Å²) in [7, 11) is -4.43. The van der Waals surface area contributed by atoms with E-state index >= 15 is 0 Å². The van der Waals surface area contributed by atoms with Crippen molar-refractivity contribution in [1.29, 1.82) is 0 Å². The highest BCUT2D eigenvalue weighted by molar-refractivity contribution is 7.51. The van der Waals surface area contributed by atoms with Gasteiger partial charge in [-0.05, 0) is 28.7 Å². The Hall–Kier alpha value is -3.29. The second-order valence-electron chi connectivity index (χ2n) is 7.54. The number of hydrogen-bond acceptors (Lipinski definition) is 4. The second kappa shape index (κ2) is 11.0. The van der Waals surface area contributed by atoms with Crippen LogP contribution in [0.15, 0.2) is 84.9 Å². The number of carbonyl (C=O) groups excluding carboxylic acids is 1. The van der Waals surface area contributed by atoms with E-state index in [0.29, 0.717) is 5.56 Å². The van der Waals surface area contributed by atoms with Crippen LogP contribution in [0.1, 0.15) is 17.2 Å². The van der Waals surface area contributed by atoms with Crippen molar-refractivity contribution in [2.24, 2.45) is 0 Å². The highest BCUT2D eigenvalue weighted by Gasteiger charge is 2.28. The fourth-order valence-corrected chi connectivity index (χ4v) is 3.82. The van der Waals surface area contributed by atoms with Crippen LogP contribution in [0, 0.1) is 0 Å². The summed E-state index contributed by atoms with van der Waals surface area (Å²) < 4.78 is 11.4. The molecule has 0 saturated heterocycles. The number of nitrogens with one attached hydrogen (secondary N) is 2. The van der Waals surface area contributed by atoms with Crippen molar-refractivity contribution < 1.29 is 29.0 Å². The summed E-state index contributed by atoms with van der Waals surface area (Å²) in [6.07, 6.45) is -0.599. The molecule has 0 heterocycles. The predicted octanol–water partition coefficient (Wildman–Crippen LogP) is 2.93. The molecule has 172 valence electrons. The molecule has 0 aliphatic carbocycles. The molecule has 0 aliphatic heterocycles. The maximum atomic E-state index is 13.0. The Morgan fingerprint density at radius 1 is 0.818 bits per heavy atom. The molecule has 3 aromatic carbocycles. The van der Waals surface area contributed by atoms with E-state index in [-0.39, 0.29) is 6.42 Å². The number of hydrogen-bond donors (Lipinski definition) is 5. The molecule has 5 N–H and O–H groups in total. The van der Waals surface area contributed by atoms with Crippen LogP contribution >= 0.6 is 7.60 Å². The minimum atomic E-state index is -4.43. The zero-order chi connectivity index (χ0) is 23.8. The van der Waals surface area contributed by atoms with Gasteiger partial charge in [0.15, 0.2) is 6.04 Å². The van der Waals surface area contributed by atoms with E-state index in [9.17, 15) is 29.0 Å². The first-order chi connectivity index (χ1) is 15.7. The molecule has 0 saturated carbocycles. The van der Waals surface area contributed by atoms with Crippen LogP contribution in [0.2, 0.25) is 0 Å². The summed E-state index contributed by atoms with van der Waals surface area (Å²) in [6.45, 7) is 0. The van der Waals surface area contributed by atoms with E-state index in [1.54, 1.807) is 30.3 Å². The number of amides is 1. The van der Waals surface area contributed by atoms with Gasteiger partial charge in [0.25, 0.3) is 0 Å². The number of carbonyl (C=O) groups is 2. The smallest absolute Gasteiger partial charge is 0.339 e. The third-order valence-corrected chi connectivity index (χ3v) is 5.62. The Kier molecular flexibility index (Phi) is 8.14. The number of carboxylic acids is 1. The Labute approximate surface area is 191 Å². The van der Waals surface area contributed by atoms with Crippen molar-refractivity contribution in [2.45, 2.75) is 18.5 Å². The molecule has 1 amide bonds. The number of carboxylic acid groups (broad SMARTS) is 1. The minimum Gasteiger partial charge on any atom is -0.479 e. The Balaban J connectivity index is 1.78. The largest absolute Gasteiger partial charge is 0.479 e. The summed E-state index contributed by atoms with van der Waals surface area (Å²) in [5.74, 6) is -1.91. The Morgan fingerprint density at radius 3 is 1.91 bits per heavy atom. The van der Waals surface area contributed by atoms with Crippen molar-refractivity contribution >= 4 is 19.5 Å². The average Bonchev–Trinajstić information content (AvgIpc) is 2.80. The van der Waals surface area contributed by atoms with Gasteiger partial charge in [0.2, 0.25) is 5.91 Å². The molecule has 3 aromatic rings. The van der Waals surface area contributed by atoms with Crippen LogP contribution < -0.4 is 10.6 Å². The van der Waals surface area contributed by atoms with Gasteiger partial charge < -0.3 is 20.2 Å². The van der Waals surface area contributed by atoms with E-state index in [2.05, 4.69) is 10.6 Å². The molecule has 0 spiro atoms. The van der Waals surface area contributed by atoms with E-state index < -0.39 is 37.8 Å². The first-order valence-corrected chi connectivity index (χ1v) is 12.0. The number of rotatable bonds is 10. The zero-order valence-corrected chi connectivity index (χ0v) is 18.6. The molecule has 8 nitrogen and oxygen atoms in total. The van der Waals surface area contributed by atoms with Gasteiger partial charge in [-0.15, -0.1) is 0 Å². The summed E-state index contributed by atoms with van der Waals surface area (Å²) in [6, 6.07) is 23.1. The minimum absolute atomic E-state index is 0.113. The number of benzene rings is 3. The van der Waals surface area contributed by atoms with Gasteiger partial charge in [0, 0.05) is 0 Å². The van der Waals surface area contributed by atoms with Gasteiger partial charge in [-0.3, -0.25) is 14.7 Å². The average molecular weight is 468 g/mol. The van der Waals surface area contributed by atoms with Crippen LogP contribution in [0.3, 0.4) is 0 Å². The lowest BCUT2D eigenvalue weighted by Gasteiger charge is -2.22. The Morgan fingerprint density at radius 2 is 1.36 bits per heavy atom. The lowest BCUT2D eigenvalue weighted by Crippen LogP contribution is -2.48. The monoisotopic (exact) mass is 468 g/mol. The lowest BCUT2D eigenvalue weighted by atomic mass is 10.00. The van der Waals surface area contributed by atoms with Crippen LogP contribution in [0.5, 0.6) is 0 Å². The molecule has 0 fully saturated rings. The molecule has 33 heavy (non-hydrogen) atoms. The third-order valence-electron chi connectivity index (χ3n) is 5.03. The van der Waals surface area contributed by atoms with Crippen molar-refractivity contribution in [1.82, 2.24) is 10.6 Å². The zero-order valence-electron chi connectivity index (χ0n) is 17.7. The highest BCUT2D eigenvalue weighted by Crippen LogP contribution is 2.32. The third kappa shape index (κ3) is 7.37. The quantitative estimate of drug-likeness (QED) is 0.289. The molecule has 2 atom stereocenters. The molecule has 0 aromatic heterocycles. The standard InChI is InChI=1S/C24H25N2O6P/c27-23(26-22(24(28)29)20-9-5-2-6-10-20)21(25-16-33(30,31)32)15-17-11-13-19(14-12-17)18-7-3-1-4-8-18/h1-14,21-22,25H,15-16H2,(H,26,27)(H,28,29)(H2,30,31,32)/t21?,22-/m0/s1. The predicted molar refractivity (Wildman–Crippen MR) is 124 cm³/mol. The maximum Gasteiger partial charge on any atom is 0.339 e. The van der Waals surface area contributed by atoms with Crippen molar-refractivity contribution in [3.63, 3.8) is 0 Å². The summed E-state index contributed by atoms with van der Waals surface area (Å²) in [5, 5.41) is 14.6. The van der Waals surface area contributed by atoms with Gasteiger partial charge in [0.05, 0.1) is 12.3 Å². The topological polar surface area (TPSA) is 136 Å². The van der Waals surface area contributed by atoms with Crippen LogP contribution in [-0.4, -0.2) is 39.1 Å². The van der Waals surface area contributed by atoms with E-state index in [0.717, 1.165) is 16.7 Å². The van der Waals surface area contributed by atoms with Crippen molar-refractivity contribution in [2.75, 3.05) is 6.29 Å². The Bertz CT molecular complexity index is 1120. The van der Waals surface area contributed by atoms with Gasteiger partial charge >= 0.3 is 13.6 Å². The molecule has 3 rings (SSSR count). The molecular weight excluding hydrogens is 443 g/mol. The van der Waals surface area contributed by atoms with Crippen LogP contribution in [-0.2, 0) is 20.6 Å². The van der Waals surface area contributed by atoms with Crippen LogP contribution in [0.4, 0.5) is 0 Å². The van der Waals surface area contributed by atoms with E-state index in [1.165, 1.54) is 0 Å². The van der Waals surface area contributed by atoms with Gasteiger partial charge in [-0.25, -0.2) is 4.79 Å². The molecular formula is C24H25N2O6P. The summed E-state index contributed by atoms with van der Waals surface area (Å²) in [4.78, 5) is 43.2. The van der Waals surface area contributed by atoms with Gasteiger partial charge in [-0.1, -0.05) is 84.9 Å². The highest BCUT2D eigenvalue weighted by atomic mass is 31.2. The fourth-order valence-electron chi connectivity index (χ4n) is 3.36. The number of aliphatic carboxylic acids is 1.